The summed E-state index contributed by atoms with van der Waals surface area (Å²) in [5, 5.41) is -0.594. The Balaban J connectivity index is 2.67. The molecular weight excluding hydrogens is 302 g/mol. The van der Waals surface area contributed by atoms with Gasteiger partial charge < -0.3 is 0 Å². The summed E-state index contributed by atoms with van der Waals surface area (Å²) in [7, 11) is 0. The summed E-state index contributed by atoms with van der Waals surface area (Å²) in [5.41, 5.74) is 0. The summed E-state index contributed by atoms with van der Waals surface area (Å²) in [6.07, 6.45) is 0. The SMILES string of the molecule is Fc1c(F)c(F)c([P+](=S)c2ccccc2)c(F)c1F. The molecule has 0 aliphatic heterocycles. The van der Waals surface area contributed by atoms with Crippen molar-refractivity contribution in [2.45, 2.75) is 0 Å². The van der Waals surface area contributed by atoms with Gasteiger partial charge in [0, 0.05) is 0 Å². The van der Waals surface area contributed by atoms with Gasteiger partial charge in [-0.05, 0) is 12.1 Å². The smallest absolute Gasteiger partial charge is 0.200 e. The van der Waals surface area contributed by atoms with Gasteiger partial charge in [0.2, 0.25) is 34.4 Å². The molecule has 0 N–H and O–H groups in total. The summed E-state index contributed by atoms with van der Waals surface area (Å²) >= 11 is 4.94. The predicted molar refractivity (Wildman–Crippen MR) is 66.2 cm³/mol. The van der Waals surface area contributed by atoms with Crippen molar-refractivity contribution in [3.05, 3.63) is 59.4 Å². The lowest BCUT2D eigenvalue weighted by atomic mass is 10.3. The molecule has 0 saturated carbocycles. The summed E-state index contributed by atoms with van der Waals surface area (Å²) in [6.45, 7) is -2.07. The normalized spacial score (nSPS) is 11.5. The first-order chi connectivity index (χ1) is 8.95. The lowest BCUT2D eigenvalue weighted by molar-refractivity contribution is 0.384. The van der Waals surface area contributed by atoms with Crippen molar-refractivity contribution >= 4 is 29.1 Å². The second kappa shape index (κ2) is 5.31. The zero-order valence-corrected chi connectivity index (χ0v) is 10.8. The number of hydrogen-bond donors (Lipinski definition) is 0. The first-order valence-corrected chi connectivity index (χ1v) is 7.34. The molecule has 0 amide bonds. The third-order valence-corrected chi connectivity index (χ3v) is 5.13. The highest BCUT2D eigenvalue weighted by molar-refractivity contribution is 8.12. The van der Waals surface area contributed by atoms with E-state index < -0.39 is 41.1 Å². The van der Waals surface area contributed by atoms with Crippen LogP contribution in [-0.4, -0.2) is 0 Å². The largest absolute Gasteiger partial charge is 0.256 e. The van der Waals surface area contributed by atoms with Crippen LogP contribution in [0.15, 0.2) is 30.3 Å². The molecule has 0 bridgehead atoms. The molecule has 98 valence electrons. The van der Waals surface area contributed by atoms with E-state index in [1.807, 2.05) is 0 Å². The molecule has 0 radical (unpaired) electrons. The van der Waals surface area contributed by atoms with Crippen LogP contribution in [0.5, 0.6) is 0 Å². The molecule has 0 aliphatic carbocycles. The number of hydrogen-bond acceptors (Lipinski definition) is 1. The van der Waals surface area contributed by atoms with Crippen LogP contribution in [0.3, 0.4) is 0 Å². The molecule has 0 fully saturated rings. The van der Waals surface area contributed by atoms with Gasteiger partial charge >= 0.3 is 0 Å². The van der Waals surface area contributed by atoms with Gasteiger partial charge in [0.05, 0.1) is 0 Å². The fourth-order valence-corrected chi connectivity index (χ4v) is 3.56. The highest BCUT2D eigenvalue weighted by atomic mass is 32.4. The van der Waals surface area contributed by atoms with Crippen molar-refractivity contribution in [1.82, 2.24) is 0 Å². The molecule has 2 aromatic rings. The predicted octanol–water partition coefficient (Wildman–Crippen LogP) is 3.28. The monoisotopic (exact) mass is 307 g/mol. The van der Waals surface area contributed by atoms with Gasteiger partial charge in [0.15, 0.2) is 17.1 Å². The third kappa shape index (κ3) is 2.38. The summed E-state index contributed by atoms with van der Waals surface area (Å²) in [5.74, 6) is -9.84. The first kappa shape index (κ1) is 14.0. The van der Waals surface area contributed by atoms with E-state index in [-0.39, 0.29) is 0 Å². The van der Waals surface area contributed by atoms with Crippen molar-refractivity contribution in [2.24, 2.45) is 0 Å². The molecule has 1 unspecified atom stereocenters. The summed E-state index contributed by atoms with van der Waals surface area (Å²) in [6, 6.07) is 7.76. The Hall–Kier alpha value is -1.39. The van der Waals surface area contributed by atoms with Gasteiger partial charge in [-0.3, -0.25) is 0 Å². The average molecular weight is 307 g/mol. The van der Waals surface area contributed by atoms with E-state index in [9.17, 15) is 22.0 Å². The molecule has 0 spiro atoms. The Morgan fingerprint density at radius 3 is 1.58 bits per heavy atom. The summed E-state index contributed by atoms with van der Waals surface area (Å²) < 4.78 is 66.2. The van der Waals surface area contributed by atoms with Gasteiger partial charge in [0.25, 0.3) is 6.70 Å². The highest BCUT2D eigenvalue weighted by Gasteiger charge is 2.35. The Kier molecular flexibility index (Phi) is 3.92. The quantitative estimate of drug-likeness (QED) is 0.355. The molecule has 0 aromatic heterocycles. The molecule has 7 heteroatoms. The maximum atomic E-state index is 13.6. The molecule has 19 heavy (non-hydrogen) atoms. The zero-order valence-electron chi connectivity index (χ0n) is 9.13. The van der Waals surface area contributed by atoms with Gasteiger partial charge in [-0.25, -0.2) is 13.2 Å². The number of halogens is 5. The van der Waals surface area contributed by atoms with Gasteiger partial charge in [-0.2, -0.15) is 8.78 Å². The minimum absolute atomic E-state index is 0.343. The molecule has 0 saturated heterocycles. The van der Waals surface area contributed by atoms with Crippen molar-refractivity contribution in [3.63, 3.8) is 0 Å². The van der Waals surface area contributed by atoms with E-state index in [2.05, 4.69) is 0 Å². The number of rotatable bonds is 2. The van der Waals surface area contributed by atoms with E-state index in [1.165, 1.54) is 12.1 Å². The fraction of sp³-hybridized carbons (Fsp3) is 0. The van der Waals surface area contributed by atoms with Crippen molar-refractivity contribution in [3.8, 4) is 0 Å². The Morgan fingerprint density at radius 2 is 1.11 bits per heavy atom. The molecule has 2 aromatic carbocycles. The van der Waals surface area contributed by atoms with Crippen molar-refractivity contribution in [1.29, 1.82) is 0 Å². The zero-order chi connectivity index (χ0) is 14.2. The topological polar surface area (TPSA) is 0 Å². The second-order valence-electron chi connectivity index (χ2n) is 3.55. The minimum Gasteiger partial charge on any atom is -0.200 e. The minimum atomic E-state index is -2.18. The van der Waals surface area contributed by atoms with Crippen LogP contribution in [0.4, 0.5) is 22.0 Å². The molecule has 2 rings (SSSR count). The summed E-state index contributed by atoms with van der Waals surface area (Å²) in [4.78, 5) is 0. The van der Waals surface area contributed by atoms with Gasteiger partial charge in [0.1, 0.15) is 0 Å². The van der Waals surface area contributed by atoms with Crippen LogP contribution in [-0.2, 0) is 11.8 Å². The second-order valence-corrected chi connectivity index (χ2v) is 6.20. The number of benzene rings is 2. The molecule has 0 heterocycles. The molecule has 0 aliphatic rings. The third-order valence-electron chi connectivity index (χ3n) is 2.38. The van der Waals surface area contributed by atoms with Gasteiger partial charge in [-0.15, -0.1) is 0 Å². The molecule has 0 nitrogen and oxygen atoms in total. The average Bonchev–Trinajstić information content (AvgIpc) is 2.44. The van der Waals surface area contributed by atoms with E-state index in [0.717, 1.165) is 0 Å². The Bertz CT molecular complexity index is 628. The Labute approximate surface area is 111 Å². The van der Waals surface area contributed by atoms with E-state index in [4.69, 9.17) is 11.8 Å². The maximum Gasteiger partial charge on any atom is 0.256 e. The molecule has 1 atom stereocenters. The highest BCUT2D eigenvalue weighted by Crippen LogP contribution is 2.27. The lowest BCUT2D eigenvalue weighted by Gasteiger charge is -2.01. The first-order valence-electron chi connectivity index (χ1n) is 4.99. The van der Waals surface area contributed by atoms with Crippen molar-refractivity contribution < 1.29 is 22.0 Å². The van der Waals surface area contributed by atoms with Crippen LogP contribution >= 0.6 is 6.70 Å². The Morgan fingerprint density at radius 1 is 0.684 bits per heavy atom. The van der Waals surface area contributed by atoms with E-state index in [0.29, 0.717) is 5.30 Å². The van der Waals surface area contributed by atoms with Crippen LogP contribution in [0.1, 0.15) is 0 Å². The maximum absolute atomic E-state index is 13.6. The van der Waals surface area contributed by atoms with Crippen LogP contribution in [0.2, 0.25) is 0 Å². The van der Waals surface area contributed by atoms with E-state index >= 15 is 0 Å². The van der Waals surface area contributed by atoms with Crippen LogP contribution in [0, 0.1) is 29.1 Å². The fourth-order valence-electron chi connectivity index (χ4n) is 1.46. The van der Waals surface area contributed by atoms with Crippen molar-refractivity contribution in [2.75, 3.05) is 0 Å². The van der Waals surface area contributed by atoms with Crippen LogP contribution < -0.4 is 10.6 Å². The van der Waals surface area contributed by atoms with Gasteiger partial charge in [-0.1, -0.05) is 18.2 Å². The molecular formula is C12H5F5PS+. The van der Waals surface area contributed by atoms with Crippen LogP contribution in [0.25, 0.3) is 0 Å². The lowest BCUT2D eigenvalue weighted by Crippen LogP contribution is -2.20. The standard InChI is InChI=1S/C12H5F5PS/c13-7-8(14)10(16)12(11(17)9(7)15)18(19)6-4-2-1-3-5-6/h1-5H/q+1. The van der Waals surface area contributed by atoms with E-state index in [1.54, 1.807) is 18.2 Å².